The second-order valence-electron chi connectivity index (χ2n) is 6.32. The van der Waals surface area contributed by atoms with Crippen molar-refractivity contribution in [3.05, 3.63) is 0 Å². The first-order valence-corrected chi connectivity index (χ1v) is 7.84. The molecule has 1 amide bonds. The van der Waals surface area contributed by atoms with E-state index in [1.807, 2.05) is 0 Å². The molecule has 3 nitrogen and oxygen atoms in total. The van der Waals surface area contributed by atoms with Crippen LogP contribution < -0.4 is 5.32 Å². The van der Waals surface area contributed by atoms with Crippen LogP contribution in [0.25, 0.3) is 0 Å². The van der Waals surface area contributed by atoms with E-state index in [-0.39, 0.29) is 0 Å². The third kappa shape index (κ3) is 2.18. The minimum Gasteiger partial charge on any atom is -0.338 e. The first kappa shape index (κ1) is 12.5. The predicted molar refractivity (Wildman–Crippen MR) is 72.2 cm³/mol. The van der Waals surface area contributed by atoms with E-state index < -0.39 is 0 Å². The molecule has 3 unspecified atom stereocenters. The summed E-state index contributed by atoms with van der Waals surface area (Å²) in [5, 5.41) is 3.44. The molecule has 18 heavy (non-hydrogen) atoms. The van der Waals surface area contributed by atoms with Crippen molar-refractivity contribution < 1.29 is 4.79 Å². The Labute approximate surface area is 110 Å². The van der Waals surface area contributed by atoms with Gasteiger partial charge in [0.05, 0.1) is 0 Å². The smallest absolute Gasteiger partial charge is 0.226 e. The van der Waals surface area contributed by atoms with Gasteiger partial charge in [-0.15, -0.1) is 0 Å². The van der Waals surface area contributed by atoms with Gasteiger partial charge in [0.2, 0.25) is 5.91 Å². The number of nitrogens with zero attached hydrogens (tertiary/aromatic N) is 1. The van der Waals surface area contributed by atoms with Crippen molar-refractivity contribution >= 4 is 5.91 Å². The van der Waals surface area contributed by atoms with Crippen molar-refractivity contribution in [2.75, 3.05) is 19.6 Å². The molecule has 2 saturated carbocycles. The van der Waals surface area contributed by atoms with Crippen LogP contribution in [-0.4, -0.2) is 36.5 Å². The molecule has 2 aliphatic carbocycles. The highest BCUT2D eigenvalue weighted by Gasteiger charge is 2.57. The number of rotatable bonds is 4. The van der Waals surface area contributed by atoms with Crippen molar-refractivity contribution in [3.63, 3.8) is 0 Å². The third-order valence-electron chi connectivity index (χ3n) is 5.15. The van der Waals surface area contributed by atoms with Crippen LogP contribution in [0.5, 0.6) is 0 Å². The van der Waals surface area contributed by atoms with Crippen molar-refractivity contribution in [1.29, 1.82) is 0 Å². The van der Waals surface area contributed by atoms with Crippen LogP contribution >= 0.6 is 0 Å². The molecule has 0 aromatic rings. The zero-order valence-corrected chi connectivity index (χ0v) is 11.5. The van der Waals surface area contributed by atoms with E-state index in [0.717, 1.165) is 37.9 Å². The maximum atomic E-state index is 12.7. The highest BCUT2D eigenvalue weighted by atomic mass is 16.2. The highest BCUT2D eigenvalue weighted by Crippen LogP contribution is 2.58. The van der Waals surface area contributed by atoms with Gasteiger partial charge in [-0.2, -0.15) is 0 Å². The van der Waals surface area contributed by atoms with Crippen LogP contribution in [0, 0.1) is 17.8 Å². The van der Waals surface area contributed by atoms with Gasteiger partial charge < -0.3 is 10.2 Å². The summed E-state index contributed by atoms with van der Waals surface area (Å²) in [7, 11) is 0. The van der Waals surface area contributed by atoms with Gasteiger partial charge in [-0.25, -0.2) is 0 Å². The zero-order valence-electron chi connectivity index (χ0n) is 11.5. The summed E-state index contributed by atoms with van der Waals surface area (Å²) in [6.07, 6.45) is 7.48. The van der Waals surface area contributed by atoms with Crippen LogP contribution in [0.1, 0.15) is 45.4 Å². The first-order valence-electron chi connectivity index (χ1n) is 7.84. The maximum absolute atomic E-state index is 12.7. The Morgan fingerprint density at radius 1 is 1.22 bits per heavy atom. The molecule has 1 aliphatic heterocycles. The van der Waals surface area contributed by atoms with Gasteiger partial charge in [0.15, 0.2) is 0 Å². The largest absolute Gasteiger partial charge is 0.338 e. The monoisotopic (exact) mass is 250 g/mol. The quantitative estimate of drug-likeness (QED) is 0.828. The van der Waals surface area contributed by atoms with Crippen molar-refractivity contribution in [3.8, 4) is 0 Å². The van der Waals surface area contributed by atoms with Crippen LogP contribution in [0.15, 0.2) is 0 Å². The molecular weight excluding hydrogens is 224 g/mol. The lowest BCUT2D eigenvalue weighted by molar-refractivity contribution is -0.136. The maximum Gasteiger partial charge on any atom is 0.226 e. The molecule has 1 N–H and O–H groups in total. The lowest BCUT2D eigenvalue weighted by Crippen LogP contribution is -2.49. The number of carbonyl (C=O) groups is 1. The lowest BCUT2D eigenvalue weighted by Gasteiger charge is -2.35. The fourth-order valence-electron chi connectivity index (χ4n) is 4.19. The van der Waals surface area contributed by atoms with Gasteiger partial charge in [0.1, 0.15) is 0 Å². The number of hydrogen-bond donors (Lipinski definition) is 1. The normalized spacial score (nSPS) is 38.3. The van der Waals surface area contributed by atoms with Crippen LogP contribution in [0.2, 0.25) is 0 Å². The van der Waals surface area contributed by atoms with Crippen molar-refractivity contribution in [1.82, 2.24) is 10.2 Å². The first-order chi connectivity index (χ1) is 8.83. The van der Waals surface area contributed by atoms with E-state index >= 15 is 0 Å². The molecule has 3 fully saturated rings. The van der Waals surface area contributed by atoms with Gasteiger partial charge in [-0.3, -0.25) is 4.79 Å². The van der Waals surface area contributed by atoms with Gasteiger partial charge in [-0.1, -0.05) is 13.3 Å². The fourth-order valence-corrected chi connectivity index (χ4v) is 4.19. The Hall–Kier alpha value is -0.570. The van der Waals surface area contributed by atoms with Gasteiger partial charge in [-0.05, 0) is 50.5 Å². The SMILES string of the molecule is CCCN(C(=O)C1C2CCCC21)C1CCCNC1. The van der Waals surface area contributed by atoms with E-state index in [1.54, 1.807) is 0 Å². The van der Waals surface area contributed by atoms with E-state index in [4.69, 9.17) is 0 Å². The Bertz CT molecular complexity index is 302. The molecule has 0 aromatic heterocycles. The van der Waals surface area contributed by atoms with Crippen LogP contribution in [-0.2, 0) is 4.79 Å². The highest BCUT2D eigenvalue weighted by molar-refractivity contribution is 5.83. The predicted octanol–water partition coefficient (Wildman–Crippen LogP) is 2.02. The molecule has 0 bridgehead atoms. The molecule has 3 atom stereocenters. The molecule has 3 rings (SSSR count). The summed E-state index contributed by atoms with van der Waals surface area (Å²) in [5.41, 5.74) is 0. The summed E-state index contributed by atoms with van der Waals surface area (Å²) >= 11 is 0. The Kier molecular flexibility index (Phi) is 3.60. The van der Waals surface area contributed by atoms with Gasteiger partial charge >= 0.3 is 0 Å². The topological polar surface area (TPSA) is 32.3 Å². The lowest BCUT2D eigenvalue weighted by atomic mass is 10.0. The molecule has 1 heterocycles. The van der Waals surface area contributed by atoms with Crippen LogP contribution in [0.4, 0.5) is 0 Å². The minimum atomic E-state index is 0.409. The Balaban J connectivity index is 1.63. The van der Waals surface area contributed by atoms with Gasteiger partial charge in [0.25, 0.3) is 0 Å². The summed E-state index contributed by atoms with van der Waals surface area (Å²) in [6.45, 7) is 5.28. The Morgan fingerprint density at radius 3 is 2.61 bits per heavy atom. The zero-order chi connectivity index (χ0) is 12.5. The second kappa shape index (κ2) is 5.20. The molecule has 102 valence electrons. The van der Waals surface area contributed by atoms with Crippen molar-refractivity contribution in [2.24, 2.45) is 17.8 Å². The van der Waals surface area contributed by atoms with E-state index in [1.165, 1.54) is 32.1 Å². The molecule has 0 spiro atoms. The van der Waals surface area contributed by atoms with Gasteiger partial charge in [0, 0.05) is 25.0 Å². The number of fused-ring (bicyclic) bond motifs is 1. The number of hydrogen-bond acceptors (Lipinski definition) is 2. The summed E-state index contributed by atoms with van der Waals surface area (Å²) in [4.78, 5) is 14.9. The van der Waals surface area contributed by atoms with E-state index in [0.29, 0.717) is 17.9 Å². The third-order valence-corrected chi connectivity index (χ3v) is 5.15. The fraction of sp³-hybridized carbons (Fsp3) is 0.933. The van der Waals surface area contributed by atoms with E-state index in [9.17, 15) is 4.79 Å². The van der Waals surface area contributed by atoms with Crippen molar-refractivity contribution in [2.45, 2.75) is 51.5 Å². The molecule has 0 aromatic carbocycles. The number of nitrogens with one attached hydrogen (secondary N) is 1. The molecule has 1 saturated heterocycles. The van der Waals surface area contributed by atoms with E-state index in [2.05, 4.69) is 17.1 Å². The standard InChI is InChI=1S/C15H26N2O/c1-2-9-17(11-5-4-8-16-10-11)15(18)14-12-6-3-7-13(12)14/h11-14,16H,2-10H2,1H3. The summed E-state index contributed by atoms with van der Waals surface area (Å²) in [5.74, 6) is 2.41. The molecular formula is C15H26N2O. The Morgan fingerprint density at radius 2 is 2.00 bits per heavy atom. The molecule has 0 radical (unpaired) electrons. The average Bonchev–Trinajstić information content (AvgIpc) is 2.89. The second-order valence-corrected chi connectivity index (χ2v) is 6.32. The van der Waals surface area contributed by atoms with Crippen LogP contribution in [0.3, 0.4) is 0 Å². The molecule has 3 aliphatic rings. The summed E-state index contributed by atoms with van der Waals surface area (Å²) in [6, 6.07) is 0.465. The summed E-state index contributed by atoms with van der Waals surface area (Å²) < 4.78 is 0. The average molecular weight is 250 g/mol. The number of amides is 1. The molecule has 3 heteroatoms. The number of carbonyl (C=O) groups excluding carboxylic acids is 1. The minimum absolute atomic E-state index is 0.409. The number of piperidine rings is 1.